The summed E-state index contributed by atoms with van der Waals surface area (Å²) < 4.78 is 5.39. The number of hydrogen-bond donors (Lipinski definition) is 0. The van der Waals surface area contributed by atoms with Crippen LogP contribution in [0.15, 0.2) is 0 Å². The first kappa shape index (κ1) is 15.0. The van der Waals surface area contributed by atoms with Gasteiger partial charge >= 0.3 is 6.09 Å². The van der Waals surface area contributed by atoms with Crippen molar-refractivity contribution in [1.29, 1.82) is 0 Å². The van der Waals surface area contributed by atoms with Crippen LogP contribution in [0.1, 0.15) is 53.9 Å². The van der Waals surface area contributed by atoms with Crippen LogP contribution in [0.25, 0.3) is 0 Å². The molecule has 0 aromatic heterocycles. The Kier molecular flexibility index (Phi) is 4.77. The normalized spacial score (nSPS) is 24.8. The van der Waals surface area contributed by atoms with Gasteiger partial charge in [0.25, 0.3) is 0 Å². The van der Waals surface area contributed by atoms with E-state index in [0.717, 1.165) is 12.8 Å². The molecule has 1 rings (SSSR count). The number of nitrogens with zero attached hydrogens (tertiary/aromatic N) is 1. The van der Waals surface area contributed by atoms with Gasteiger partial charge in [-0.15, -0.1) is 0 Å². The molecule has 0 bridgehead atoms. The average molecular weight is 255 g/mol. The second-order valence-electron chi connectivity index (χ2n) is 6.15. The molecule has 2 atom stereocenters. The fourth-order valence-electron chi connectivity index (χ4n) is 2.25. The van der Waals surface area contributed by atoms with Crippen molar-refractivity contribution in [2.24, 2.45) is 5.92 Å². The number of ether oxygens (including phenoxy) is 1. The van der Waals surface area contributed by atoms with Crippen molar-refractivity contribution in [3.8, 4) is 0 Å². The first-order chi connectivity index (χ1) is 8.24. The number of Topliss-reactive ketones (excluding diaryl/α,β-unsaturated/α-hetero) is 1. The van der Waals surface area contributed by atoms with E-state index in [1.165, 1.54) is 0 Å². The second-order valence-corrected chi connectivity index (χ2v) is 6.15. The van der Waals surface area contributed by atoms with Gasteiger partial charge in [0.1, 0.15) is 5.60 Å². The summed E-state index contributed by atoms with van der Waals surface area (Å²) in [7, 11) is 0. The molecule has 0 radical (unpaired) electrons. The highest BCUT2D eigenvalue weighted by Gasteiger charge is 2.35. The van der Waals surface area contributed by atoms with E-state index in [1.807, 2.05) is 27.7 Å². The number of ketones is 1. The maximum atomic E-state index is 12.1. The number of rotatable bonds is 2. The Balaban J connectivity index is 2.78. The van der Waals surface area contributed by atoms with Crippen molar-refractivity contribution < 1.29 is 14.3 Å². The molecule has 1 fully saturated rings. The summed E-state index contributed by atoms with van der Waals surface area (Å²) in [4.78, 5) is 25.7. The Morgan fingerprint density at radius 2 is 1.89 bits per heavy atom. The smallest absolute Gasteiger partial charge is 0.410 e. The van der Waals surface area contributed by atoms with Gasteiger partial charge in [-0.1, -0.05) is 13.8 Å². The molecule has 0 N–H and O–H groups in total. The number of carbonyl (C=O) groups excluding carboxylic acids is 2. The monoisotopic (exact) mass is 255 g/mol. The summed E-state index contributed by atoms with van der Waals surface area (Å²) >= 11 is 0. The lowest BCUT2D eigenvalue weighted by Gasteiger charge is -2.38. The Hall–Kier alpha value is -1.06. The molecule has 0 spiro atoms. The fraction of sp³-hybridized carbons (Fsp3) is 0.857. The van der Waals surface area contributed by atoms with Gasteiger partial charge in [0, 0.05) is 13.0 Å². The zero-order valence-electron chi connectivity index (χ0n) is 12.2. The molecule has 1 saturated heterocycles. The zero-order chi connectivity index (χ0) is 13.9. The van der Waals surface area contributed by atoms with Crippen LogP contribution in [0.5, 0.6) is 0 Å². The number of amides is 1. The Labute approximate surface area is 110 Å². The fourth-order valence-corrected chi connectivity index (χ4v) is 2.25. The number of likely N-dealkylation sites (tertiary alicyclic amines) is 1. The van der Waals surface area contributed by atoms with Crippen LogP contribution in [0.3, 0.4) is 0 Å². The van der Waals surface area contributed by atoms with Gasteiger partial charge in [0.05, 0.1) is 6.04 Å². The molecule has 104 valence electrons. The van der Waals surface area contributed by atoms with Gasteiger partial charge in [-0.05, 0) is 39.5 Å². The maximum absolute atomic E-state index is 12.1. The first-order valence-corrected chi connectivity index (χ1v) is 6.77. The highest BCUT2D eigenvalue weighted by atomic mass is 16.6. The molecular formula is C14H25NO3. The summed E-state index contributed by atoms with van der Waals surface area (Å²) in [6.45, 7) is 10.1. The minimum atomic E-state index is -0.516. The second kappa shape index (κ2) is 5.72. The minimum absolute atomic E-state index is 0.132. The van der Waals surface area contributed by atoms with E-state index in [9.17, 15) is 9.59 Å². The van der Waals surface area contributed by atoms with E-state index < -0.39 is 5.60 Å². The molecule has 1 aliphatic rings. The molecule has 18 heavy (non-hydrogen) atoms. The van der Waals surface area contributed by atoms with Crippen LogP contribution in [0.4, 0.5) is 4.79 Å². The summed E-state index contributed by atoms with van der Waals surface area (Å²) in [6.07, 6.45) is 1.86. The number of carbonyl (C=O) groups is 2. The van der Waals surface area contributed by atoms with Gasteiger partial charge in [0.2, 0.25) is 0 Å². The molecule has 0 saturated carbocycles. The van der Waals surface area contributed by atoms with Crippen LogP contribution in [-0.4, -0.2) is 35.0 Å². The standard InChI is InChI=1S/C14H25NO3/c1-6-12(16)11-8-7-10(2)9-15(11)13(17)18-14(3,4)5/h10-11H,6-9H2,1-5H3/t10-,11+/m0/s1. The van der Waals surface area contributed by atoms with Gasteiger partial charge in [-0.25, -0.2) is 4.79 Å². The average Bonchev–Trinajstić information content (AvgIpc) is 2.25. The lowest BCUT2D eigenvalue weighted by molar-refractivity contribution is -0.125. The van der Waals surface area contributed by atoms with Crippen molar-refractivity contribution in [3.63, 3.8) is 0 Å². The van der Waals surface area contributed by atoms with Gasteiger partial charge in [0.15, 0.2) is 5.78 Å². The SMILES string of the molecule is CCC(=O)[C@H]1CC[C@H](C)CN1C(=O)OC(C)(C)C. The van der Waals surface area contributed by atoms with Crippen LogP contribution < -0.4 is 0 Å². The molecule has 1 amide bonds. The molecule has 0 aliphatic carbocycles. The van der Waals surface area contributed by atoms with Crippen molar-refractivity contribution in [1.82, 2.24) is 4.90 Å². The number of hydrogen-bond acceptors (Lipinski definition) is 3. The van der Waals surface area contributed by atoms with Crippen molar-refractivity contribution in [2.75, 3.05) is 6.54 Å². The van der Waals surface area contributed by atoms with E-state index in [4.69, 9.17) is 4.74 Å². The van der Waals surface area contributed by atoms with E-state index in [-0.39, 0.29) is 17.9 Å². The Morgan fingerprint density at radius 1 is 1.28 bits per heavy atom. The molecule has 1 heterocycles. The third-order valence-electron chi connectivity index (χ3n) is 3.17. The molecule has 0 aromatic rings. The van der Waals surface area contributed by atoms with Crippen LogP contribution >= 0.6 is 0 Å². The van der Waals surface area contributed by atoms with E-state index in [0.29, 0.717) is 18.9 Å². The molecule has 4 heteroatoms. The minimum Gasteiger partial charge on any atom is -0.444 e. The lowest BCUT2D eigenvalue weighted by Crippen LogP contribution is -2.51. The predicted octanol–water partition coefficient (Wildman–Crippen LogP) is 3.00. The Bertz CT molecular complexity index is 319. The topological polar surface area (TPSA) is 46.6 Å². The first-order valence-electron chi connectivity index (χ1n) is 6.77. The predicted molar refractivity (Wildman–Crippen MR) is 70.4 cm³/mol. The molecular weight excluding hydrogens is 230 g/mol. The van der Waals surface area contributed by atoms with Crippen molar-refractivity contribution in [2.45, 2.75) is 65.5 Å². The third-order valence-corrected chi connectivity index (χ3v) is 3.17. The molecule has 1 aliphatic heterocycles. The van der Waals surface area contributed by atoms with Crippen LogP contribution in [0, 0.1) is 5.92 Å². The zero-order valence-corrected chi connectivity index (χ0v) is 12.2. The molecule has 4 nitrogen and oxygen atoms in total. The third kappa shape index (κ3) is 4.00. The van der Waals surface area contributed by atoms with E-state index in [2.05, 4.69) is 6.92 Å². The highest BCUT2D eigenvalue weighted by molar-refractivity contribution is 5.87. The van der Waals surface area contributed by atoms with Crippen LogP contribution in [-0.2, 0) is 9.53 Å². The largest absolute Gasteiger partial charge is 0.444 e. The lowest BCUT2D eigenvalue weighted by atomic mass is 9.91. The van der Waals surface area contributed by atoms with Gasteiger partial charge < -0.3 is 4.74 Å². The van der Waals surface area contributed by atoms with Gasteiger partial charge in [-0.3, -0.25) is 9.69 Å². The maximum Gasteiger partial charge on any atom is 0.410 e. The van der Waals surface area contributed by atoms with Gasteiger partial charge in [-0.2, -0.15) is 0 Å². The highest BCUT2D eigenvalue weighted by Crippen LogP contribution is 2.25. The van der Waals surface area contributed by atoms with Crippen molar-refractivity contribution in [3.05, 3.63) is 0 Å². The number of piperidine rings is 1. The molecule has 0 unspecified atom stereocenters. The van der Waals surface area contributed by atoms with Crippen molar-refractivity contribution >= 4 is 11.9 Å². The van der Waals surface area contributed by atoms with E-state index in [1.54, 1.807) is 4.90 Å². The van der Waals surface area contributed by atoms with Crippen LogP contribution in [0.2, 0.25) is 0 Å². The summed E-state index contributed by atoms with van der Waals surface area (Å²) in [5, 5.41) is 0. The summed E-state index contributed by atoms with van der Waals surface area (Å²) in [6, 6.07) is -0.291. The molecule has 0 aromatic carbocycles. The quantitative estimate of drug-likeness (QED) is 0.762. The Morgan fingerprint density at radius 3 is 2.39 bits per heavy atom. The summed E-state index contributed by atoms with van der Waals surface area (Å²) in [5.74, 6) is 0.561. The summed E-state index contributed by atoms with van der Waals surface area (Å²) in [5.41, 5.74) is -0.516. The van der Waals surface area contributed by atoms with E-state index >= 15 is 0 Å².